The molecule has 0 N–H and O–H groups in total. The zero-order valence-electron chi connectivity index (χ0n) is 9.05. The molecule has 3 nitrogen and oxygen atoms in total. The second-order valence-corrected chi connectivity index (χ2v) is 3.91. The van der Waals surface area contributed by atoms with Gasteiger partial charge < -0.3 is 0 Å². The Morgan fingerprint density at radius 3 is 2.76 bits per heavy atom. The highest BCUT2D eigenvalue weighted by molar-refractivity contribution is 6.36. The van der Waals surface area contributed by atoms with Gasteiger partial charge in [-0.2, -0.15) is 0 Å². The van der Waals surface area contributed by atoms with Crippen LogP contribution >= 0.6 is 11.6 Å². The fourth-order valence-corrected chi connectivity index (χ4v) is 2.02. The minimum atomic E-state index is 0.345. The second kappa shape index (κ2) is 5.39. The maximum atomic E-state index is 8.18. The molecule has 2 aromatic rings. The van der Waals surface area contributed by atoms with E-state index < -0.39 is 0 Å². The van der Waals surface area contributed by atoms with Crippen LogP contribution in [0.25, 0.3) is 27.3 Å². The first-order chi connectivity index (χ1) is 8.33. The van der Waals surface area contributed by atoms with Crippen LogP contribution in [0.4, 0.5) is 0 Å². The summed E-state index contributed by atoms with van der Waals surface area (Å²) in [5.74, 6) is 0. The Morgan fingerprint density at radius 1 is 1.24 bits per heavy atom. The van der Waals surface area contributed by atoms with Crippen molar-refractivity contribution in [1.82, 2.24) is 0 Å². The van der Waals surface area contributed by atoms with E-state index >= 15 is 0 Å². The van der Waals surface area contributed by atoms with Gasteiger partial charge in [-0.05, 0) is 22.5 Å². The second-order valence-electron chi connectivity index (χ2n) is 3.50. The molecule has 2 aromatic carbocycles. The highest BCUT2D eigenvalue weighted by Crippen LogP contribution is 2.27. The molecule has 0 heterocycles. The van der Waals surface area contributed by atoms with Crippen molar-refractivity contribution in [2.45, 2.75) is 0 Å². The molecule has 0 amide bonds. The Hall–Kier alpha value is -1.96. The van der Waals surface area contributed by atoms with Crippen LogP contribution in [0.1, 0.15) is 5.56 Å². The van der Waals surface area contributed by atoms with E-state index in [2.05, 4.69) is 10.0 Å². The summed E-state index contributed by atoms with van der Waals surface area (Å²) in [4.78, 5) is 2.69. The van der Waals surface area contributed by atoms with Gasteiger partial charge in [0, 0.05) is 21.9 Å². The van der Waals surface area contributed by atoms with Crippen LogP contribution in [0.2, 0.25) is 5.02 Å². The molecule has 0 saturated carbocycles. The van der Waals surface area contributed by atoms with Crippen LogP contribution < -0.4 is 0 Å². The number of fused-ring (bicyclic) bond motifs is 1. The average molecular weight is 244 g/mol. The first-order valence-electron chi connectivity index (χ1n) is 5.17. The smallest absolute Gasteiger partial charge is 0.0490 e. The van der Waals surface area contributed by atoms with Crippen molar-refractivity contribution in [1.29, 1.82) is 0 Å². The summed E-state index contributed by atoms with van der Waals surface area (Å²) >= 11 is 6.19. The van der Waals surface area contributed by atoms with Crippen molar-refractivity contribution in [3.8, 4) is 0 Å². The van der Waals surface area contributed by atoms with Crippen LogP contribution in [0.5, 0.6) is 0 Å². The molecule has 17 heavy (non-hydrogen) atoms. The highest BCUT2D eigenvalue weighted by Gasteiger charge is 2.01. The van der Waals surface area contributed by atoms with Gasteiger partial charge in [0.2, 0.25) is 0 Å². The van der Waals surface area contributed by atoms with E-state index in [1.165, 1.54) is 0 Å². The normalized spacial score (nSPS) is 10.6. The van der Waals surface area contributed by atoms with Gasteiger partial charge in [-0.25, -0.2) is 0 Å². The Labute approximate surface area is 104 Å². The molecule has 0 aliphatic rings. The molecule has 0 aliphatic carbocycles. The number of halogens is 1. The summed E-state index contributed by atoms with van der Waals surface area (Å²) in [5.41, 5.74) is 9.21. The Bertz CT molecular complexity index is 608. The van der Waals surface area contributed by atoms with Gasteiger partial charge in [-0.15, -0.1) is 0 Å². The lowest BCUT2D eigenvalue weighted by molar-refractivity contribution is 1.22. The number of nitrogens with zero attached hydrogens (tertiary/aromatic N) is 3. The molecule has 0 unspecified atom stereocenters. The van der Waals surface area contributed by atoms with Gasteiger partial charge in [-0.3, -0.25) is 0 Å². The molecule has 0 radical (unpaired) electrons. The van der Waals surface area contributed by atoms with Crippen LogP contribution in [-0.2, 0) is 0 Å². The maximum absolute atomic E-state index is 8.18. The van der Waals surface area contributed by atoms with Crippen molar-refractivity contribution in [3.63, 3.8) is 0 Å². The summed E-state index contributed by atoms with van der Waals surface area (Å²) in [6, 6.07) is 11.8. The van der Waals surface area contributed by atoms with E-state index in [9.17, 15) is 0 Å². The number of benzene rings is 2. The molecule has 0 fully saturated rings. The van der Waals surface area contributed by atoms with E-state index in [1.807, 2.05) is 48.6 Å². The molecule has 0 aliphatic heterocycles. The van der Waals surface area contributed by atoms with Gasteiger partial charge in [0.25, 0.3) is 0 Å². The fraction of sp³-hybridized carbons (Fsp3) is 0.0769. The third kappa shape index (κ3) is 2.59. The molecule has 2 rings (SSSR count). The highest BCUT2D eigenvalue weighted by atomic mass is 35.5. The minimum Gasteiger partial charge on any atom is -0.0899 e. The number of azide groups is 1. The maximum Gasteiger partial charge on any atom is 0.0490 e. The lowest BCUT2D eigenvalue weighted by Gasteiger charge is -2.04. The predicted molar refractivity (Wildman–Crippen MR) is 72.0 cm³/mol. The SMILES string of the molecule is [N-]=[N+]=NCC=Cc1cccc2cccc(Cl)c12. The molecule has 4 heteroatoms. The predicted octanol–water partition coefficient (Wildman–Crippen LogP) is 4.82. The van der Waals surface area contributed by atoms with Gasteiger partial charge in [0.1, 0.15) is 0 Å². The largest absolute Gasteiger partial charge is 0.0899 e. The van der Waals surface area contributed by atoms with Crippen molar-refractivity contribution in [3.05, 3.63) is 63.5 Å². The lowest BCUT2D eigenvalue weighted by Crippen LogP contribution is -1.80. The van der Waals surface area contributed by atoms with E-state index in [0.717, 1.165) is 21.4 Å². The van der Waals surface area contributed by atoms with E-state index in [0.29, 0.717) is 6.54 Å². The van der Waals surface area contributed by atoms with Crippen molar-refractivity contribution in [2.24, 2.45) is 5.11 Å². The summed E-state index contributed by atoms with van der Waals surface area (Å²) in [6.45, 7) is 0.345. The van der Waals surface area contributed by atoms with Gasteiger partial charge in [0.05, 0.1) is 0 Å². The Kier molecular flexibility index (Phi) is 3.66. The Morgan fingerprint density at radius 2 is 2.00 bits per heavy atom. The lowest BCUT2D eigenvalue weighted by atomic mass is 10.0. The van der Waals surface area contributed by atoms with E-state index in [-0.39, 0.29) is 0 Å². The molecule has 0 atom stereocenters. The van der Waals surface area contributed by atoms with Crippen molar-refractivity contribution in [2.75, 3.05) is 6.54 Å². The number of hydrogen-bond acceptors (Lipinski definition) is 1. The fourth-order valence-electron chi connectivity index (χ4n) is 1.73. The molecular weight excluding hydrogens is 234 g/mol. The summed E-state index contributed by atoms with van der Waals surface area (Å²) in [6.07, 6.45) is 3.74. The first-order valence-corrected chi connectivity index (χ1v) is 5.55. The summed E-state index contributed by atoms with van der Waals surface area (Å²) in [5, 5.41) is 6.30. The number of rotatable bonds is 3. The average Bonchev–Trinajstić information content (AvgIpc) is 2.35. The topological polar surface area (TPSA) is 48.8 Å². The zero-order valence-corrected chi connectivity index (χ0v) is 9.80. The van der Waals surface area contributed by atoms with Gasteiger partial charge >= 0.3 is 0 Å². The molecule has 0 saturated heterocycles. The Balaban J connectivity index is 2.46. The minimum absolute atomic E-state index is 0.345. The molecule has 0 bridgehead atoms. The van der Waals surface area contributed by atoms with Gasteiger partial charge in [0.15, 0.2) is 0 Å². The quantitative estimate of drug-likeness (QED) is 0.422. The van der Waals surface area contributed by atoms with Crippen LogP contribution in [0.15, 0.2) is 47.6 Å². The van der Waals surface area contributed by atoms with E-state index in [1.54, 1.807) is 0 Å². The third-order valence-corrected chi connectivity index (χ3v) is 2.75. The number of hydrogen-bond donors (Lipinski definition) is 0. The molecule has 0 spiro atoms. The summed E-state index contributed by atoms with van der Waals surface area (Å²) in [7, 11) is 0. The van der Waals surface area contributed by atoms with Gasteiger partial charge in [-0.1, -0.05) is 59.2 Å². The summed E-state index contributed by atoms with van der Waals surface area (Å²) < 4.78 is 0. The standard InChI is InChI=1S/C13H10ClN3/c14-12-8-2-6-10-4-1-5-11(13(10)12)7-3-9-16-17-15/h1-8H,9H2. The molecular formula is C13H10ClN3. The zero-order chi connectivity index (χ0) is 12.1. The third-order valence-electron chi connectivity index (χ3n) is 2.43. The van der Waals surface area contributed by atoms with Crippen LogP contribution in [-0.4, -0.2) is 6.54 Å². The van der Waals surface area contributed by atoms with E-state index in [4.69, 9.17) is 17.1 Å². The van der Waals surface area contributed by atoms with Crippen LogP contribution in [0, 0.1) is 0 Å². The monoisotopic (exact) mass is 243 g/mol. The van der Waals surface area contributed by atoms with Crippen LogP contribution in [0.3, 0.4) is 0 Å². The van der Waals surface area contributed by atoms with Crippen molar-refractivity contribution >= 4 is 28.4 Å². The molecule has 0 aromatic heterocycles. The molecule has 84 valence electrons. The van der Waals surface area contributed by atoms with Crippen molar-refractivity contribution < 1.29 is 0 Å². The first kappa shape index (κ1) is 11.5.